The van der Waals surface area contributed by atoms with Gasteiger partial charge in [0.25, 0.3) is 0 Å². The molecule has 3 heteroatoms. The monoisotopic (exact) mass is 270 g/mol. The minimum atomic E-state index is -0.880. The quantitative estimate of drug-likeness (QED) is 0.911. The lowest BCUT2D eigenvalue weighted by Gasteiger charge is -2.11. The number of hydrogen-bond acceptors (Lipinski definition) is 2. The summed E-state index contributed by atoms with van der Waals surface area (Å²) >= 11 is 0. The zero-order valence-electron chi connectivity index (χ0n) is 11.9. The highest BCUT2D eigenvalue weighted by molar-refractivity contribution is 5.92. The molecular weight excluding hydrogens is 252 g/mol. The Morgan fingerprint density at radius 2 is 1.75 bits per heavy atom. The molecule has 20 heavy (non-hydrogen) atoms. The molecule has 0 aliphatic rings. The summed E-state index contributed by atoms with van der Waals surface area (Å²) in [6.07, 6.45) is 0. The summed E-state index contributed by atoms with van der Waals surface area (Å²) in [5.41, 5.74) is 3.96. The molecule has 0 aliphatic carbocycles. The normalized spacial score (nSPS) is 10.3. The minimum Gasteiger partial charge on any atom is -0.494 e. The first-order chi connectivity index (χ1) is 9.52. The highest BCUT2D eigenvalue weighted by atomic mass is 16.5. The maximum absolute atomic E-state index is 11.2. The standard InChI is InChI=1S/C17H18O3/c1-4-20-15-7-5-6-13(10-15)14-8-11(2)16(17(18)19)12(3)9-14/h5-10H,4H2,1-3H3,(H,18,19). The second kappa shape index (κ2) is 5.78. The van der Waals surface area contributed by atoms with E-state index in [1.54, 1.807) is 0 Å². The number of ether oxygens (including phenoxy) is 1. The van der Waals surface area contributed by atoms with Crippen LogP contribution in [-0.2, 0) is 0 Å². The van der Waals surface area contributed by atoms with Crippen LogP contribution in [0.3, 0.4) is 0 Å². The zero-order chi connectivity index (χ0) is 14.7. The molecule has 1 N–H and O–H groups in total. The molecule has 0 radical (unpaired) electrons. The predicted octanol–water partition coefficient (Wildman–Crippen LogP) is 4.07. The summed E-state index contributed by atoms with van der Waals surface area (Å²) in [5.74, 6) is -0.0581. The molecular formula is C17H18O3. The van der Waals surface area contributed by atoms with Crippen molar-refractivity contribution in [1.29, 1.82) is 0 Å². The van der Waals surface area contributed by atoms with Gasteiger partial charge in [0.05, 0.1) is 12.2 Å². The molecule has 0 amide bonds. The van der Waals surface area contributed by atoms with Crippen LogP contribution in [0.15, 0.2) is 36.4 Å². The first kappa shape index (κ1) is 14.1. The van der Waals surface area contributed by atoms with Crippen LogP contribution in [0.4, 0.5) is 0 Å². The van der Waals surface area contributed by atoms with E-state index < -0.39 is 5.97 Å². The summed E-state index contributed by atoms with van der Waals surface area (Å²) in [5, 5.41) is 9.20. The molecule has 0 atom stereocenters. The van der Waals surface area contributed by atoms with E-state index in [0.717, 1.165) is 28.0 Å². The number of rotatable bonds is 4. The van der Waals surface area contributed by atoms with Crippen molar-refractivity contribution in [2.24, 2.45) is 0 Å². The van der Waals surface area contributed by atoms with Gasteiger partial charge in [-0.05, 0) is 55.2 Å². The second-order valence-electron chi connectivity index (χ2n) is 4.75. The van der Waals surface area contributed by atoms with E-state index in [-0.39, 0.29) is 0 Å². The number of aromatic carboxylic acids is 1. The molecule has 0 bridgehead atoms. The number of carbonyl (C=O) groups is 1. The number of aryl methyl sites for hydroxylation is 2. The van der Waals surface area contributed by atoms with E-state index in [0.29, 0.717) is 12.2 Å². The zero-order valence-corrected chi connectivity index (χ0v) is 11.9. The van der Waals surface area contributed by atoms with Crippen molar-refractivity contribution in [3.63, 3.8) is 0 Å². The molecule has 2 aromatic carbocycles. The van der Waals surface area contributed by atoms with Gasteiger partial charge in [-0.15, -0.1) is 0 Å². The summed E-state index contributed by atoms with van der Waals surface area (Å²) in [4.78, 5) is 11.2. The Balaban J connectivity index is 2.48. The van der Waals surface area contributed by atoms with Crippen LogP contribution in [-0.4, -0.2) is 17.7 Å². The van der Waals surface area contributed by atoms with Gasteiger partial charge >= 0.3 is 5.97 Å². The summed E-state index contributed by atoms with van der Waals surface area (Å²) in [7, 11) is 0. The summed E-state index contributed by atoms with van der Waals surface area (Å²) in [6.45, 7) is 6.22. The fraction of sp³-hybridized carbons (Fsp3) is 0.235. The highest BCUT2D eigenvalue weighted by Gasteiger charge is 2.12. The SMILES string of the molecule is CCOc1cccc(-c2cc(C)c(C(=O)O)c(C)c2)c1. The maximum atomic E-state index is 11.2. The van der Waals surface area contributed by atoms with Gasteiger partial charge in [-0.3, -0.25) is 0 Å². The molecule has 0 unspecified atom stereocenters. The van der Waals surface area contributed by atoms with Gasteiger partial charge in [0.1, 0.15) is 5.75 Å². The Labute approximate surface area is 118 Å². The number of hydrogen-bond donors (Lipinski definition) is 1. The fourth-order valence-electron chi connectivity index (χ4n) is 2.40. The third-order valence-corrected chi connectivity index (χ3v) is 3.22. The van der Waals surface area contributed by atoms with E-state index in [2.05, 4.69) is 0 Å². The molecule has 104 valence electrons. The van der Waals surface area contributed by atoms with Gasteiger partial charge in [-0.2, -0.15) is 0 Å². The summed E-state index contributed by atoms with van der Waals surface area (Å²) in [6, 6.07) is 11.6. The number of carboxylic acid groups (broad SMARTS) is 1. The van der Waals surface area contributed by atoms with E-state index in [1.165, 1.54) is 0 Å². The van der Waals surface area contributed by atoms with Crippen molar-refractivity contribution in [2.75, 3.05) is 6.61 Å². The van der Waals surface area contributed by atoms with Gasteiger partial charge in [0, 0.05) is 0 Å². The van der Waals surface area contributed by atoms with Crippen LogP contribution in [0.1, 0.15) is 28.4 Å². The van der Waals surface area contributed by atoms with Crippen molar-refractivity contribution >= 4 is 5.97 Å². The Morgan fingerprint density at radius 3 is 2.30 bits per heavy atom. The molecule has 2 rings (SSSR count). The second-order valence-corrected chi connectivity index (χ2v) is 4.75. The van der Waals surface area contributed by atoms with Gasteiger partial charge in [-0.1, -0.05) is 24.3 Å². The number of benzene rings is 2. The van der Waals surface area contributed by atoms with Crippen LogP contribution in [0.2, 0.25) is 0 Å². The summed E-state index contributed by atoms with van der Waals surface area (Å²) < 4.78 is 5.50. The lowest BCUT2D eigenvalue weighted by molar-refractivity contribution is 0.0695. The van der Waals surface area contributed by atoms with E-state index >= 15 is 0 Å². The largest absolute Gasteiger partial charge is 0.494 e. The molecule has 0 spiro atoms. The lowest BCUT2D eigenvalue weighted by Crippen LogP contribution is -2.03. The average Bonchev–Trinajstić information content (AvgIpc) is 2.38. The van der Waals surface area contributed by atoms with Gasteiger partial charge in [0.2, 0.25) is 0 Å². The van der Waals surface area contributed by atoms with Gasteiger partial charge in [-0.25, -0.2) is 4.79 Å². The van der Waals surface area contributed by atoms with Gasteiger partial charge in [0.15, 0.2) is 0 Å². The minimum absolute atomic E-state index is 0.384. The smallest absolute Gasteiger partial charge is 0.336 e. The molecule has 2 aromatic rings. The Hall–Kier alpha value is -2.29. The third kappa shape index (κ3) is 2.82. The van der Waals surface area contributed by atoms with Crippen molar-refractivity contribution < 1.29 is 14.6 Å². The molecule has 0 saturated heterocycles. The van der Waals surface area contributed by atoms with Gasteiger partial charge < -0.3 is 9.84 Å². The third-order valence-electron chi connectivity index (χ3n) is 3.22. The highest BCUT2D eigenvalue weighted by Crippen LogP contribution is 2.28. The fourth-order valence-corrected chi connectivity index (χ4v) is 2.40. The van der Waals surface area contributed by atoms with Crippen molar-refractivity contribution in [3.05, 3.63) is 53.1 Å². The Kier molecular flexibility index (Phi) is 4.08. The molecule has 0 aromatic heterocycles. The molecule has 0 heterocycles. The lowest BCUT2D eigenvalue weighted by atomic mass is 9.95. The first-order valence-electron chi connectivity index (χ1n) is 6.60. The predicted molar refractivity (Wildman–Crippen MR) is 79.5 cm³/mol. The maximum Gasteiger partial charge on any atom is 0.336 e. The van der Waals surface area contributed by atoms with E-state index in [1.807, 2.05) is 57.2 Å². The van der Waals surface area contributed by atoms with E-state index in [9.17, 15) is 9.90 Å². The van der Waals surface area contributed by atoms with Crippen molar-refractivity contribution in [3.8, 4) is 16.9 Å². The van der Waals surface area contributed by atoms with Crippen LogP contribution >= 0.6 is 0 Å². The first-order valence-corrected chi connectivity index (χ1v) is 6.60. The molecule has 0 fully saturated rings. The van der Waals surface area contributed by atoms with E-state index in [4.69, 9.17) is 4.74 Å². The van der Waals surface area contributed by atoms with Crippen LogP contribution in [0, 0.1) is 13.8 Å². The van der Waals surface area contributed by atoms with Crippen LogP contribution in [0.5, 0.6) is 5.75 Å². The van der Waals surface area contributed by atoms with Crippen LogP contribution in [0.25, 0.3) is 11.1 Å². The van der Waals surface area contributed by atoms with Crippen molar-refractivity contribution in [1.82, 2.24) is 0 Å². The molecule has 3 nitrogen and oxygen atoms in total. The Morgan fingerprint density at radius 1 is 1.10 bits per heavy atom. The van der Waals surface area contributed by atoms with Crippen molar-refractivity contribution in [2.45, 2.75) is 20.8 Å². The Bertz CT molecular complexity index is 621. The average molecular weight is 270 g/mol. The topological polar surface area (TPSA) is 46.5 Å². The number of carboxylic acids is 1. The van der Waals surface area contributed by atoms with Crippen LogP contribution < -0.4 is 4.74 Å². The molecule has 0 aliphatic heterocycles. The molecule has 0 saturated carbocycles.